The molecule has 2 N–H and O–H groups in total. The maximum atomic E-state index is 13.9. The molecular formula is C20H15F3N4O3. The van der Waals surface area contributed by atoms with Crippen molar-refractivity contribution in [3.63, 3.8) is 0 Å². The highest BCUT2D eigenvalue weighted by Crippen LogP contribution is 2.29. The van der Waals surface area contributed by atoms with Crippen molar-refractivity contribution in [3.8, 4) is 6.07 Å². The summed E-state index contributed by atoms with van der Waals surface area (Å²) >= 11 is 0. The summed E-state index contributed by atoms with van der Waals surface area (Å²) in [6.45, 7) is 0.673. The van der Waals surface area contributed by atoms with E-state index < -0.39 is 53.4 Å². The van der Waals surface area contributed by atoms with Gasteiger partial charge in [-0.3, -0.25) is 14.5 Å². The molecule has 4 amide bonds. The summed E-state index contributed by atoms with van der Waals surface area (Å²) in [5, 5.41) is 13.9. The molecule has 7 nitrogen and oxygen atoms in total. The van der Waals surface area contributed by atoms with Crippen LogP contribution < -0.4 is 10.6 Å². The Bertz CT molecular complexity index is 1070. The van der Waals surface area contributed by atoms with Crippen LogP contribution in [0.15, 0.2) is 42.5 Å². The van der Waals surface area contributed by atoms with Crippen LogP contribution in [-0.4, -0.2) is 29.3 Å². The van der Waals surface area contributed by atoms with Crippen molar-refractivity contribution in [1.82, 2.24) is 15.5 Å². The van der Waals surface area contributed by atoms with Crippen LogP contribution in [0.1, 0.15) is 24.1 Å². The summed E-state index contributed by atoms with van der Waals surface area (Å²) < 4.78 is 40.1. The molecule has 1 heterocycles. The molecule has 0 aliphatic carbocycles. The first-order valence-electron chi connectivity index (χ1n) is 8.70. The first-order chi connectivity index (χ1) is 14.2. The minimum Gasteiger partial charge on any atom is -0.335 e. The molecule has 0 aromatic heterocycles. The fraction of sp³-hybridized carbons (Fsp3) is 0.200. The molecule has 2 aromatic carbocycles. The van der Waals surface area contributed by atoms with Crippen molar-refractivity contribution < 1.29 is 27.6 Å². The molecule has 2 unspecified atom stereocenters. The average Bonchev–Trinajstić information content (AvgIpc) is 2.91. The number of benzene rings is 2. The highest BCUT2D eigenvalue weighted by atomic mass is 19.1. The van der Waals surface area contributed by atoms with E-state index in [1.807, 2.05) is 0 Å². The van der Waals surface area contributed by atoms with Gasteiger partial charge in [-0.05, 0) is 30.7 Å². The van der Waals surface area contributed by atoms with Crippen LogP contribution in [0.5, 0.6) is 0 Å². The summed E-state index contributed by atoms with van der Waals surface area (Å²) in [5.41, 5.74) is -1.46. The predicted molar refractivity (Wildman–Crippen MR) is 96.9 cm³/mol. The van der Waals surface area contributed by atoms with Gasteiger partial charge < -0.3 is 10.6 Å². The highest BCUT2D eigenvalue weighted by molar-refractivity contribution is 6.09. The zero-order valence-corrected chi connectivity index (χ0v) is 15.6. The van der Waals surface area contributed by atoms with E-state index in [1.54, 1.807) is 6.07 Å². The minimum absolute atomic E-state index is 0.263. The third kappa shape index (κ3) is 3.82. The number of amides is 4. The van der Waals surface area contributed by atoms with E-state index in [0.717, 1.165) is 24.3 Å². The normalized spacial score (nSPS) is 19.2. The predicted octanol–water partition coefficient (Wildman–Crippen LogP) is 2.25. The third-order valence-corrected chi connectivity index (χ3v) is 4.71. The van der Waals surface area contributed by atoms with Crippen molar-refractivity contribution in [2.45, 2.75) is 18.5 Å². The molecule has 1 saturated heterocycles. The van der Waals surface area contributed by atoms with Crippen LogP contribution in [-0.2, 0) is 15.1 Å². The van der Waals surface area contributed by atoms with Gasteiger partial charge in [0.05, 0.1) is 6.07 Å². The maximum Gasteiger partial charge on any atom is 0.325 e. The second kappa shape index (κ2) is 7.87. The van der Waals surface area contributed by atoms with Crippen LogP contribution >= 0.6 is 0 Å². The summed E-state index contributed by atoms with van der Waals surface area (Å²) in [7, 11) is 0. The van der Waals surface area contributed by atoms with Gasteiger partial charge in [-0.25, -0.2) is 18.0 Å². The van der Waals surface area contributed by atoms with E-state index in [2.05, 4.69) is 10.6 Å². The summed E-state index contributed by atoms with van der Waals surface area (Å²) in [6, 6.07) is 6.79. The first kappa shape index (κ1) is 20.9. The molecule has 2 aromatic rings. The number of halogens is 3. The number of hydrogen-bond donors (Lipinski definition) is 2. The maximum absolute atomic E-state index is 13.9. The largest absolute Gasteiger partial charge is 0.335 e. The third-order valence-electron chi connectivity index (χ3n) is 4.71. The number of rotatable bonds is 5. The Morgan fingerprint density at radius 3 is 2.40 bits per heavy atom. The molecule has 0 spiro atoms. The monoisotopic (exact) mass is 416 g/mol. The van der Waals surface area contributed by atoms with Gasteiger partial charge in [0.15, 0.2) is 0 Å². The average molecular weight is 416 g/mol. The SMILES string of the molecule is CC1(c2ccc(F)cc2)NC(=O)N(CC(=O)NC(C#N)c2ccc(F)cc2F)C1=O. The highest BCUT2D eigenvalue weighted by Gasteiger charge is 2.49. The molecule has 0 bridgehead atoms. The quantitative estimate of drug-likeness (QED) is 0.730. The van der Waals surface area contributed by atoms with Crippen LogP contribution in [0.2, 0.25) is 0 Å². The van der Waals surface area contributed by atoms with Crippen LogP contribution in [0, 0.1) is 28.8 Å². The smallest absolute Gasteiger partial charge is 0.325 e. The number of carbonyl (C=O) groups excluding carboxylic acids is 3. The van der Waals surface area contributed by atoms with Crippen molar-refractivity contribution in [2.75, 3.05) is 6.54 Å². The second-order valence-corrected chi connectivity index (χ2v) is 6.75. The standard InChI is InChI=1S/C20H15F3N4O3/c1-20(11-2-4-12(21)5-3-11)18(29)27(19(30)26-20)10-17(28)25-16(9-24)14-7-6-13(22)8-15(14)23/h2-8,16H,10H2,1H3,(H,25,28)(H,26,30). The minimum atomic E-state index is -1.51. The van der Waals surface area contributed by atoms with Crippen LogP contribution in [0.25, 0.3) is 0 Å². The van der Waals surface area contributed by atoms with Gasteiger partial charge in [0, 0.05) is 11.6 Å². The van der Waals surface area contributed by atoms with E-state index in [1.165, 1.54) is 19.1 Å². The Morgan fingerprint density at radius 1 is 1.17 bits per heavy atom. The Labute approximate surface area is 169 Å². The summed E-state index contributed by atoms with van der Waals surface area (Å²) in [5.74, 6) is -4.06. The Hall–Kier alpha value is -3.87. The fourth-order valence-electron chi connectivity index (χ4n) is 3.08. The lowest BCUT2D eigenvalue weighted by molar-refractivity contribution is -0.134. The Morgan fingerprint density at radius 2 is 1.80 bits per heavy atom. The van der Waals surface area contributed by atoms with E-state index in [4.69, 9.17) is 0 Å². The molecule has 0 saturated carbocycles. The lowest BCUT2D eigenvalue weighted by Crippen LogP contribution is -2.43. The number of urea groups is 1. The molecule has 10 heteroatoms. The number of nitrogens with one attached hydrogen (secondary N) is 2. The van der Waals surface area contributed by atoms with Crippen molar-refractivity contribution in [3.05, 3.63) is 71.0 Å². The van der Waals surface area contributed by atoms with Gasteiger partial charge in [0.2, 0.25) is 5.91 Å². The number of hydrogen-bond acceptors (Lipinski definition) is 4. The summed E-state index contributed by atoms with van der Waals surface area (Å²) in [4.78, 5) is 38.0. The van der Waals surface area contributed by atoms with E-state index in [9.17, 15) is 32.8 Å². The molecule has 1 aliphatic heterocycles. The number of nitriles is 1. The molecular weight excluding hydrogens is 401 g/mol. The molecule has 1 aliphatic rings. The molecule has 30 heavy (non-hydrogen) atoms. The topological polar surface area (TPSA) is 102 Å². The van der Waals surface area contributed by atoms with Gasteiger partial charge >= 0.3 is 6.03 Å². The van der Waals surface area contributed by atoms with Crippen molar-refractivity contribution in [2.24, 2.45) is 0 Å². The summed E-state index contributed by atoms with van der Waals surface area (Å²) in [6.07, 6.45) is 0. The van der Waals surface area contributed by atoms with E-state index in [-0.39, 0.29) is 5.56 Å². The van der Waals surface area contributed by atoms with Crippen LogP contribution in [0.4, 0.5) is 18.0 Å². The zero-order valence-electron chi connectivity index (χ0n) is 15.6. The van der Waals surface area contributed by atoms with Gasteiger partial charge in [0.1, 0.15) is 35.6 Å². The molecule has 3 rings (SSSR count). The lowest BCUT2D eigenvalue weighted by Gasteiger charge is -2.22. The molecule has 2 atom stereocenters. The fourth-order valence-corrected chi connectivity index (χ4v) is 3.08. The van der Waals surface area contributed by atoms with E-state index >= 15 is 0 Å². The lowest BCUT2D eigenvalue weighted by atomic mass is 9.92. The zero-order chi connectivity index (χ0) is 22.1. The number of carbonyl (C=O) groups is 3. The van der Waals surface area contributed by atoms with Gasteiger partial charge in [-0.1, -0.05) is 18.2 Å². The number of nitrogens with zero attached hydrogens (tertiary/aromatic N) is 2. The van der Waals surface area contributed by atoms with Crippen molar-refractivity contribution >= 4 is 17.8 Å². The molecule has 154 valence electrons. The van der Waals surface area contributed by atoms with Gasteiger partial charge in [0.25, 0.3) is 5.91 Å². The molecule has 1 fully saturated rings. The number of imide groups is 1. The van der Waals surface area contributed by atoms with E-state index in [0.29, 0.717) is 16.5 Å². The first-order valence-corrected chi connectivity index (χ1v) is 8.70. The van der Waals surface area contributed by atoms with Gasteiger partial charge in [-0.15, -0.1) is 0 Å². The Kier molecular flexibility index (Phi) is 5.47. The Balaban J connectivity index is 1.74. The van der Waals surface area contributed by atoms with Crippen molar-refractivity contribution in [1.29, 1.82) is 5.26 Å². The van der Waals surface area contributed by atoms with Gasteiger partial charge in [-0.2, -0.15) is 5.26 Å². The van der Waals surface area contributed by atoms with Crippen LogP contribution in [0.3, 0.4) is 0 Å². The molecule has 0 radical (unpaired) electrons. The second-order valence-electron chi connectivity index (χ2n) is 6.75.